The van der Waals surface area contributed by atoms with Crippen LogP contribution in [0.3, 0.4) is 0 Å². The van der Waals surface area contributed by atoms with E-state index in [1.807, 2.05) is 41.7 Å². The predicted octanol–water partition coefficient (Wildman–Crippen LogP) is 4.27. The molecule has 5 aliphatic heterocycles. The number of nitrogens with one attached hydrogen (secondary N) is 4. The van der Waals surface area contributed by atoms with Crippen molar-refractivity contribution >= 4 is 23.6 Å². The van der Waals surface area contributed by atoms with E-state index in [0.717, 1.165) is 52.0 Å². The topological polar surface area (TPSA) is 154 Å². The number of hydrogen-bond donors (Lipinski definition) is 4. The van der Waals surface area contributed by atoms with Gasteiger partial charge in [0, 0.05) is 110 Å². The van der Waals surface area contributed by atoms with Gasteiger partial charge >= 0.3 is 116 Å². The van der Waals surface area contributed by atoms with Gasteiger partial charge in [0.2, 0.25) is 23.6 Å². The van der Waals surface area contributed by atoms with Gasteiger partial charge in [-0.3, -0.25) is 29.4 Å². The Hall–Kier alpha value is 1.03. The number of rotatable bonds is 7. The van der Waals surface area contributed by atoms with E-state index in [1.54, 1.807) is 20.8 Å². The molecule has 5 fully saturated rings. The molecule has 404 valence electrons. The van der Waals surface area contributed by atoms with Gasteiger partial charge in [-0.1, -0.05) is 143 Å². The Morgan fingerprint density at radius 3 is 1.41 bits per heavy atom. The summed E-state index contributed by atoms with van der Waals surface area (Å²) in [7, 11) is 3.36. The smallest absolute Gasteiger partial charge is 0.665 e. The molecular weight excluding hydrogens is 1020 g/mol. The molecule has 4 N–H and O–H groups in total. The summed E-state index contributed by atoms with van der Waals surface area (Å²) >= 11 is 0. The van der Waals surface area contributed by atoms with Gasteiger partial charge in [-0.25, -0.2) is 0 Å². The molecule has 5 aliphatic rings. The molecule has 0 aliphatic carbocycles. The van der Waals surface area contributed by atoms with Crippen molar-refractivity contribution in [3.05, 3.63) is 22.9 Å². The SMILES string of the molecule is C.C=C(C)N1CC2(CN(CC(C)(C)C)C2)C1.CC.CC(=O)NC(=O)C(C)(C)C.CC(C)(C)CN1CC2(CCC(=O)N2)C1.CC(C)(C)NCC1CCC(=O)N1.C[N-]CC(C)(C)C.[2H]C([2H])([N-]C)C(C)(C)C.[Rb+].[Rb+]. The molecule has 1 atom stereocenters. The normalized spacial score (nSPS) is 19.4. The second-order valence-corrected chi connectivity index (χ2v) is 26.1. The average molecular weight is 1140 g/mol. The maximum atomic E-state index is 11.1. The van der Waals surface area contributed by atoms with Crippen molar-refractivity contribution in [1.29, 1.82) is 0 Å². The van der Waals surface area contributed by atoms with Crippen LogP contribution in [0.5, 0.6) is 0 Å². The molecule has 13 nitrogen and oxygen atoms in total. The number of amides is 4. The Kier molecular flexibility index (Phi) is 38.1. The van der Waals surface area contributed by atoms with Crippen molar-refractivity contribution in [2.75, 3.05) is 86.0 Å². The Labute approximate surface area is 534 Å². The van der Waals surface area contributed by atoms with Crippen LogP contribution in [0.2, 0.25) is 0 Å². The quantitative estimate of drug-likeness (QED) is 0.295. The van der Waals surface area contributed by atoms with Gasteiger partial charge in [0.25, 0.3) is 0 Å². The first kappa shape index (κ1) is 75.3. The first-order chi connectivity index (χ1) is 30.9. The van der Waals surface area contributed by atoms with E-state index in [1.165, 1.54) is 52.4 Å². The molecule has 0 radical (unpaired) electrons. The zero-order chi connectivity index (χ0) is 54.8. The minimum Gasteiger partial charge on any atom is -0.665 e. The number of imide groups is 1. The molecule has 5 heterocycles. The summed E-state index contributed by atoms with van der Waals surface area (Å²) in [5.41, 5.74) is 2.49. The molecule has 70 heavy (non-hydrogen) atoms. The summed E-state index contributed by atoms with van der Waals surface area (Å²) in [6, 6.07) is 0.344. The van der Waals surface area contributed by atoms with Gasteiger partial charge in [0.05, 0.1) is 5.54 Å². The van der Waals surface area contributed by atoms with Crippen LogP contribution in [0, 0.1) is 32.5 Å². The first-order valence-corrected chi connectivity index (χ1v) is 25.1. The van der Waals surface area contributed by atoms with Gasteiger partial charge < -0.3 is 36.4 Å². The van der Waals surface area contributed by atoms with Crippen LogP contribution in [-0.2, 0) is 19.2 Å². The summed E-state index contributed by atoms with van der Waals surface area (Å²) in [4.78, 5) is 50.7. The van der Waals surface area contributed by atoms with Crippen molar-refractivity contribution in [3.8, 4) is 0 Å². The molecule has 0 aromatic rings. The van der Waals surface area contributed by atoms with Crippen LogP contribution in [0.1, 0.15) is 188 Å². The van der Waals surface area contributed by atoms with E-state index in [0.29, 0.717) is 34.1 Å². The number of hydrogen-bond acceptors (Lipinski definition) is 8. The molecule has 0 saturated carbocycles. The predicted molar refractivity (Wildman–Crippen MR) is 293 cm³/mol. The molecule has 15 heteroatoms. The minimum atomic E-state index is -1.40. The summed E-state index contributed by atoms with van der Waals surface area (Å²) in [6.07, 6.45) is 3.42. The monoisotopic (exact) mass is 1140 g/mol. The number of carbonyl (C=O) groups is 4. The van der Waals surface area contributed by atoms with Gasteiger partial charge in [-0.2, -0.15) is 14.1 Å². The molecule has 0 bridgehead atoms. The Morgan fingerprint density at radius 1 is 0.714 bits per heavy atom. The second-order valence-electron chi connectivity index (χ2n) is 26.1. The molecule has 5 saturated heterocycles. The number of carbonyl (C=O) groups excluding carboxylic acids is 4. The van der Waals surface area contributed by atoms with Crippen LogP contribution >= 0.6 is 0 Å². The van der Waals surface area contributed by atoms with Crippen LogP contribution < -0.4 is 138 Å². The summed E-state index contributed by atoms with van der Waals surface area (Å²) in [5, 5.41) is 19.2. The fourth-order valence-corrected chi connectivity index (χ4v) is 7.94. The van der Waals surface area contributed by atoms with Crippen molar-refractivity contribution in [2.24, 2.45) is 32.5 Å². The second kappa shape index (κ2) is 35.4. The number of likely N-dealkylation sites (tertiary alicyclic amines) is 3. The van der Waals surface area contributed by atoms with Crippen LogP contribution in [0.4, 0.5) is 0 Å². The minimum absolute atomic E-state index is 0. The van der Waals surface area contributed by atoms with Gasteiger partial charge in [0.15, 0.2) is 0 Å². The van der Waals surface area contributed by atoms with E-state index >= 15 is 0 Å². The standard InChI is InChI=1S/C13H24N2.C11H20N2O.C9H18N2O.C7H13NO2.2C6H14N.C2H6.CH4.2Rb/c1-11(2)15-9-13(10-15)7-14(8-13)6-12(3,4)5;1-10(2,3)6-13-7-11(8-13)5-4-9(14)12-11;1-9(2,3)10-6-7-4-5-8(12)11-7;1-5(9)8-6(10)7(2,3)4;2*1-6(2,3)5-7-4;1-2;;;/h1,6-10H2,2-5H3;4-8H2,1-3H3,(H,12,14);7,10H,4-6H2,1-3H3,(H,11,12);1-4H3,(H,8,9,10);2*5H2,1-4H3;1-2H3;1H4;;/q;;;;2*-1;;;2*+1/i;;;;5D2;;;;;. The Morgan fingerprint density at radius 2 is 1.17 bits per heavy atom. The van der Waals surface area contributed by atoms with E-state index in [4.69, 9.17) is 2.74 Å². The van der Waals surface area contributed by atoms with Crippen molar-refractivity contribution < 1.29 is 138 Å². The van der Waals surface area contributed by atoms with E-state index in [2.05, 4.69) is 143 Å². The van der Waals surface area contributed by atoms with Crippen LogP contribution in [0.15, 0.2) is 12.3 Å². The van der Waals surface area contributed by atoms with E-state index < -0.39 is 11.9 Å². The summed E-state index contributed by atoms with van der Waals surface area (Å²) < 4.78 is 14.7. The van der Waals surface area contributed by atoms with E-state index in [9.17, 15) is 19.2 Å². The average Bonchev–Trinajstić information content (AvgIpc) is 3.71. The zero-order valence-corrected chi connectivity index (χ0v) is 59.9. The van der Waals surface area contributed by atoms with Gasteiger partial charge in [-0.15, -0.1) is 13.0 Å². The van der Waals surface area contributed by atoms with Gasteiger partial charge in [-0.05, 0) is 51.4 Å². The summed E-state index contributed by atoms with van der Waals surface area (Å²) in [6.45, 7) is 58.8. The van der Waals surface area contributed by atoms with Gasteiger partial charge in [0.1, 0.15) is 0 Å². The number of allylic oxidation sites excluding steroid dienone is 1. The molecular formula is C55H113N9O4Rb2. The van der Waals surface area contributed by atoms with Crippen LogP contribution in [0.25, 0.3) is 10.6 Å². The molecule has 5 rings (SSSR count). The maximum absolute atomic E-state index is 11.1. The maximum Gasteiger partial charge on any atom is 1.00 e. The molecule has 0 aromatic heterocycles. The third kappa shape index (κ3) is 40.3. The molecule has 2 spiro atoms. The third-order valence-electron chi connectivity index (χ3n) is 10.4. The van der Waals surface area contributed by atoms with Crippen LogP contribution in [-0.4, -0.2) is 141 Å². The first-order valence-electron chi connectivity index (χ1n) is 26.1. The zero-order valence-electron chi connectivity index (χ0n) is 52.1. The summed E-state index contributed by atoms with van der Waals surface area (Å²) in [5.74, 6) is -0.115. The van der Waals surface area contributed by atoms with Crippen molar-refractivity contribution in [3.63, 3.8) is 0 Å². The van der Waals surface area contributed by atoms with Crippen molar-refractivity contribution in [2.45, 2.75) is 203 Å². The van der Waals surface area contributed by atoms with Crippen molar-refractivity contribution in [1.82, 2.24) is 36.0 Å². The molecule has 1 unspecified atom stereocenters. The fourth-order valence-electron chi connectivity index (χ4n) is 7.94. The Bertz CT molecular complexity index is 1570. The number of nitrogens with zero attached hydrogens (tertiary/aromatic N) is 5. The Balaban J connectivity index is -0.000000250. The molecule has 0 aromatic carbocycles. The fraction of sp³-hybridized carbons (Fsp3) is 0.891. The third-order valence-corrected chi connectivity index (χ3v) is 10.4. The van der Waals surface area contributed by atoms with E-state index in [-0.39, 0.29) is 164 Å². The largest absolute Gasteiger partial charge is 1.00 e. The molecule has 4 amide bonds.